The summed E-state index contributed by atoms with van der Waals surface area (Å²) in [7, 11) is 0. The van der Waals surface area contributed by atoms with Crippen LogP contribution in [0.3, 0.4) is 0 Å². The molecular formula is C24H27N3O3S. The summed E-state index contributed by atoms with van der Waals surface area (Å²) in [4.78, 5) is 30.0. The minimum atomic E-state index is -0.875. The van der Waals surface area contributed by atoms with Crippen molar-refractivity contribution in [2.24, 2.45) is 11.1 Å². The first-order chi connectivity index (χ1) is 14.6. The fourth-order valence-corrected chi connectivity index (χ4v) is 4.66. The number of primary amides is 1. The number of carbonyl (C=O) groups excluding carboxylic acids is 2. The fourth-order valence-electron chi connectivity index (χ4n) is 3.67. The van der Waals surface area contributed by atoms with Crippen LogP contribution in [0.1, 0.15) is 34.1 Å². The van der Waals surface area contributed by atoms with Crippen molar-refractivity contribution in [3.8, 4) is 21.7 Å². The van der Waals surface area contributed by atoms with Gasteiger partial charge in [0.25, 0.3) is 0 Å². The van der Waals surface area contributed by atoms with Gasteiger partial charge in [-0.15, -0.1) is 0 Å². The number of carbonyl (C=O) groups is 2. The molecule has 2 aromatic carbocycles. The highest BCUT2D eigenvalue weighted by Crippen LogP contribution is 2.40. The van der Waals surface area contributed by atoms with Crippen LogP contribution in [0, 0.1) is 5.41 Å². The molecular weight excluding hydrogens is 410 g/mol. The van der Waals surface area contributed by atoms with E-state index in [1.54, 1.807) is 27.7 Å². The molecule has 0 radical (unpaired) electrons. The Morgan fingerprint density at radius 2 is 1.52 bits per heavy atom. The number of thiazole rings is 1. The highest BCUT2D eigenvalue weighted by molar-refractivity contribution is 7.19. The summed E-state index contributed by atoms with van der Waals surface area (Å²) in [5.41, 5.74) is 6.31. The summed E-state index contributed by atoms with van der Waals surface area (Å²) >= 11 is 1.43. The normalized spacial score (nSPS) is 11.7. The topological polar surface area (TPSA) is 94.3 Å². The van der Waals surface area contributed by atoms with Crippen molar-refractivity contribution in [3.05, 3.63) is 60.7 Å². The number of nitrogens with zero attached hydrogens (tertiary/aromatic N) is 1. The average Bonchev–Trinajstić information content (AvgIpc) is 3.11. The molecule has 0 saturated carbocycles. The molecule has 162 valence electrons. The van der Waals surface area contributed by atoms with E-state index >= 15 is 0 Å². The largest absolute Gasteiger partial charge is 0.444 e. The molecule has 0 bridgehead atoms. The molecule has 0 atom stereocenters. The van der Waals surface area contributed by atoms with Crippen molar-refractivity contribution >= 4 is 28.5 Å². The average molecular weight is 438 g/mol. The Balaban J connectivity index is 1.89. The van der Waals surface area contributed by atoms with Crippen molar-refractivity contribution in [3.63, 3.8) is 0 Å². The second-order valence-electron chi connectivity index (χ2n) is 8.62. The van der Waals surface area contributed by atoms with Gasteiger partial charge in [-0.25, -0.2) is 9.78 Å². The van der Waals surface area contributed by atoms with Gasteiger partial charge in [-0.3, -0.25) is 4.79 Å². The summed E-state index contributed by atoms with van der Waals surface area (Å²) < 4.78 is 5.16. The van der Waals surface area contributed by atoms with Crippen LogP contribution in [-0.2, 0) is 9.53 Å². The number of aromatic nitrogens is 1. The standard InChI is InChI=1S/C24H27N3O3S/c1-23(2,15-24(3,4)30-21(25)29)20(28)27-22-26-18(16-11-7-5-8-12-16)19(31-22)17-13-9-6-10-14-17/h5-14H,15H2,1-4H3,(H2,25,29)(H,26,27,28). The van der Waals surface area contributed by atoms with Crippen LogP contribution >= 0.6 is 11.3 Å². The molecule has 3 N–H and O–H groups in total. The van der Waals surface area contributed by atoms with Gasteiger partial charge in [0, 0.05) is 17.4 Å². The zero-order chi connectivity index (χ0) is 22.6. The Labute approximate surface area is 186 Å². The van der Waals surface area contributed by atoms with Gasteiger partial charge in [-0.2, -0.15) is 0 Å². The van der Waals surface area contributed by atoms with Gasteiger partial charge in [0.2, 0.25) is 5.91 Å². The zero-order valence-electron chi connectivity index (χ0n) is 18.1. The van der Waals surface area contributed by atoms with Crippen LogP contribution < -0.4 is 11.1 Å². The van der Waals surface area contributed by atoms with E-state index in [0.29, 0.717) is 11.6 Å². The van der Waals surface area contributed by atoms with E-state index < -0.39 is 17.1 Å². The maximum atomic E-state index is 13.1. The van der Waals surface area contributed by atoms with E-state index in [9.17, 15) is 9.59 Å². The third kappa shape index (κ3) is 5.70. The fraction of sp³-hybridized carbons (Fsp3) is 0.292. The predicted molar refractivity (Wildman–Crippen MR) is 125 cm³/mol. The molecule has 1 aromatic heterocycles. The molecule has 1 heterocycles. The quantitative estimate of drug-likeness (QED) is 0.495. The zero-order valence-corrected chi connectivity index (χ0v) is 19.0. The smallest absolute Gasteiger partial charge is 0.405 e. The summed E-state index contributed by atoms with van der Waals surface area (Å²) in [5, 5.41) is 3.47. The van der Waals surface area contributed by atoms with Crippen molar-refractivity contribution in [1.29, 1.82) is 0 Å². The summed E-state index contributed by atoms with van der Waals surface area (Å²) in [6.07, 6.45) is -0.557. The van der Waals surface area contributed by atoms with Gasteiger partial charge in [-0.05, 0) is 19.4 Å². The number of hydrogen-bond donors (Lipinski definition) is 2. The van der Waals surface area contributed by atoms with Gasteiger partial charge in [0.15, 0.2) is 5.13 Å². The molecule has 2 amide bonds. The lowest BCUT2D eigenvalue weighted by Crippen LogP contribution is -2.41. The molecule has 0 aliphatic heterocycles. The maximum absolute atomic E-state index is 13.1. The number of nitrogens with one attached hydrogen (secondary N) is 1. The second kappa shape index (κ2) is 8.89. The third-order valence-electron chi connectivity index (χ3n) is 4.79. The van der Waals surface area contributed by atoms with Crippen LogP contribution in [0.25, 0.3) is 21.7 Å². The number of hydrogen-bond acceptors (Lipinski definition) is 5. The molecule has 31 heavy (non-hydrogen) atoms. The molecule has 0 saturated heterocycles. The molecule has 3 rings (SSSR count). The number of anilines is 1. The molecule has 3 aromatic rings. The highest BCUT2D eigenvalue weighted by Gasteiger charge is 2.37. The third-order valence-corrected chi connectivity index (χ3v) is 5.81. The Morgan fingerprint density at radius 3 is 2.06 bits per heavy atom. The van der Waals surface area contributed by atoms with E-state index in [-0.39, 0.29) is 5.91 Å². The Kier molecular flexibility index (Phi) is 6.45. The van der Waals surface area contributed by atoms with Gasteiger partial charge in [-0.1, -0.05) is 85.8 Å². The molecule has 7 heteroatoms. The molecule has 6 nitrogen and oxygen atoms in total. The number of nitrogens with two attached hydrogens (primary N) is 1. The second-order valence-corrected chi connectivity index (χ2v) is 9.62. The lowest BCUT2D eigenvalue weighted by atomic mass is 9.81. The number of benzene rings is 2. The lowest BCUT2D eigenvalue weighted by molar-refractivity contribution is -0.127. The van der Waals surface area contributed by atoms with Gasteiger partial charge < -0.3 is 15.8 Å². The molecule has 0 fully saturated rings. The monoisotopic (exact) mass is 437 g/mol. The Hall–Kier alpha value is -3.19. The first-order valence-corrected chi connectivity index (χ1v) is 10.8. The summed E-state index contributed by atoms with van der Waals surface area (Å²) in [5.74, 6) is -0.207. The predicted octanol–water partition coefficient (Wildman–Crippen LogP) is 5.71. The first-order valence-electron chi connectivity index (χ1n) is 9.99. The van der Waals surface area contributed by atoms with Crippen molar-refractivity contribution in [2.45, 2.75) is 39.7 Å². The number of amides is 2. The lowest BCUT2D eigenvalue weighted by Gasteiger charge is -2.32. The molecule has 0 spiro atoms. The number of ether oxygens (including phenoxy) is 1. The van der Waals surface area contributed by atoms with Crippen LogP contribution in [0.15, 0.2) is 60.7 Å². The van der Waals surface area contributed by atoms with Crippen molar-refractivity contribution in [2.75, 3.05) is 5.32 Å². The Bertz CT molecular complexity index is 1000. The first kappa shape index (κ1) is 22.5. The Morgan fingerprint density at radius 1 is 0.968 bits per heavy atom. The van der Waals surface area contributed by atoms with Crippen LogP contribution in [-0.4, -0.2) is 22.6 Å². The van der Waals surface area contributed by atoms with E-state index in [4.69, 9.17) is 15.5 Å². The van der Waals surface area contributed by atoms with E-state index in [0.717, 1.165) is 21.7 Å². The van der Waals surface area contributed by atoms with E-state index in [2.05, 4.69) is 5.32 Å². The van der Waals surface area contributed by atoms with Crippen molar-refractivity contribution < 1.29 is 14.3 Å². The SMILES string of the molecule is CC(C)(CC(C)(C)C(=O)Nc1nc(-c2ccccc2)c(-c2ccccc2)s1)OC(N)=O. The van der Waals surface area contributed by atoms with Crippen LogP contribution in [0.4, 0.5) is 9.93 Å². The van der Waals surface area contributed by atoms with Crippen molar-refractivity contribution in [1.82, 2.24) is 4.98 Å². The number of rotatable bonds is 7. The molecule has 0 unspecified atom stereocenters. The van der Waals surface area contributed by atoms with Gasteiger partial charge in [0.1, 0.15) is 5.60 Å². The minimum absolute atomic E-state index is 0.207. The molecule has 0 aliphatic carbocycles. The van der Waals surface area contributed by atoms with Gasteiger partial charge in [0.05, 0.1) is 10.6 Å². The molecule has 0 aliphatic rings. The van der Waals surface area contributed by atoms with Crippen LogP contribution in [0.2, 0.25) is 0 Å². The van der Waals surface area contributed by atoms with E-state index in [1.165, 1.54) is 11.3 Å². The highest BCUT2D eigenvalue weighted by atomic mass is 32.1. The summed E-state index contributed by atoms with van der Waals surface area (Å²) in [6.45, 7) is 7.07. The minimum Gasteiger partial charge on any atom is -0.444 e. The summed E-state index contributed by atoms with van der Waals surface area (Å²) in [6, 6.07) is 19.9. The maximum Gasteiger partial charge on any atom is 0.405 e. The van der Waals surface area contributed by atoms with Gasteiger partial charge >= 0.3 is 6.09 Å². The van der Waals surface area contributed by atoms with E-state index in [1.807, 2.05) is 60.7 Å². The van der Waals surface area contributed by atoms with Crippen LogP contribution in [0.5, 0.6) is 0 Å².